The third kappa shape index (κ3) is 3.66. The lowest BCUT2D eigenvalue weighted by Crippen LogP contribution is -2.55. The summed E-state index contributed by atoms with van der Waals surface area (Å²) in [6.45, 7) is 6.60. The van der Waals surface area contributed by atoms with Crippen molar-refractivity contribution < 1.29 is 19.1 Å². The summed E-state index contributed by atoms with van der Waals surface area (Å²) in [7, 11) is 0. The topological polar surface area (TPSA) is 80.0 Å². The van der Waals surface area contributed by atoms with E-state index >= 15 is 0 Å². The number of aliphatic hydroxyl groups is 1. The maximum Gasteiger partial charge on any atom is 0.339 e. The molecule has 2 unspecified atom stereocenters. The van der Waals surface area contributed by atoms with E-state index in [1.807, 2.05) is 30.9 Å². The van der Waals surface area contributed by atoms with Gasteiger partial charge in [-0.15, -0.1) is 0 Å². The Labute approximate surface area is 170 Å². The van der Waals surface area contributed by atoms with Gasteiger partial charge >= 0.3 is 5.63 Å². The number of piperidine rings is 1. The van der Waals surface area contributed by atoms with Gasteiger partial charge < -0.3 is 19.2 Å². The number of nitrogens with zero attached hydrogens (tertiary/aromatic N) is 1. The first-order valence-electron chi connectivity index (χ1n) is 10.5. The van der Waals surface area contributed by atoms with Crippen LogP contribution in [-0.2, 0) is 4.79 Å². The maximum absolute atomic E-state index is 12.8. The number of likely N-dealkylation sites (tertiary alicyclic amines) is 1. The van der Waals surface area contributed by atoms with Gasteiger partial charge in [-0.3, -0.25) is 4.79 Å². The lowest BCUT2D eigenvalue weighted by Gasteiger charge is -2.47. The number of fused-ring (bicyclic) bond motifs is 2. The molecule has 2 fully saturated rings. The monoisotopic (exact) mass is 399 g/mol. The van der Waals surface area contributed by atoms with Crippen molar-refractivity contribution in [3.8, 4) is 5.75 Å². The van der Waals surface area contributed by atoms with Gasteiger partial charge in [-0.1, -0.05) is 12.8 Å². The molecule has 4 rings (SSSR count). The van der Waals surface area contributed by atoms with E-state index in [0.29, 0.717) is 36.4 Å². The summed E-state index contributed by atoms with van der Waals surface area (Å²) in [5.41, 5.74) is 1.78. The molecule has 1 aliphatic heterocycles. The molecule has 1 N–H and O–H groups in total. The SMILES string of the molecule is Cc1cc(OCC(=O)N2CCC3(O)CCCCC3C2)c2c(C)c(C)c(=O)oc2c1. The van der Waals surface area contributed by atoms with Gasteiger partial charge in [-0.25, -0.2) is 4.79 Å². The smallest absolute Gasteiger partial charge is 0.339 e. The van der Waals surface area contributed by atoms with Crippen molar-refractivity contribution in [2.45, 2.75) is 58.5 Å². The zero-order valence-corrected chi connectivity index (χ0v) is 17.4. The summed E-state index contributed by atoms with van der Waals surface area (Å²) in [6.07, 6.45) is 4.64. The summed E-state index contributed by atoms with van der Waals surface area (Å²) in [5, 5.41) is 11.6. The molecular weight excluding hydrogens is 370 g/mol. The summed E-state index contributed by atoms with van der Waals surface area (Å²) in [5.74, 6) is 0.649. The quantitative estimate of drug-likeness (QED) is 0.802. The van der Waals surface area contributed by atoms with Crippen molar-refractivity contribution in [2.24, 2.45) is 5.92 Å². The normalized spacial score (nSPS) is 24.4. The number of rotatable bonds is 3. The van der Waals surface area contributed by atoms with Gasteiger partial charge in [0.2, 0.25) is 0 Å². The second-order valence-electron chi connectivity index (χ2n) is 8.70. The van der Waals surface area contributed by atoms with Crippen LogP contribution in [0.5, 0.6) is 5.75 Å². The van der Waals surface area contributed by atoms with E-state index in [2.05, 4.69) is 0 Å². The summed E-state index contributed by atoms with van der Waals surface area (Å²) >= 11 is 0. The van der Waals surface area contributed by atoms with Crippen molar-refractivity contribution >= 4 is 16.9 Å². The van der Waals surface area contributed by atoms with Crippen LogP contribution < -0.4 is 10.4 Å². The molecule has 1 amide bonds. The highest BCUT2D eigenvalue weighted by molar-refractivity contribution is 5.88. The summed E-state index contributed by atoms with van der Waals surface area (Å²) < 4.78 is 11.4. The van der Waals surface area contributed by atoms with Gasteiger partial charge in [0.05, 0.1) is 11.0 Å². The number of hydrogen-bond acceptors (Lipinski definition) is 5. The van der Waals surface area contributed by atoms with Gasteiger partial charge in [-0.2, -0.15) is 0 Å². The Morgan fingerprint density at radius 2 is 2.03 bits per heavy atom. The standard InChI is InChI=1S/C23H29NO5/c1-14-10-18(21-15(2)16(3)22(26)29-19(21)11-14)28-13-20(25)24-9-8-23(27)7-5-4-6-17(23)12-24/h10-11,17,27H,4-9,12-13H2,1-3H3. The van der Waals surface area contributed by atoms with Crippen LogP contribution in [0.4, 0.5) is 0 Å². The fourth-order valence-electron chi connectivity index (χ4n) is 4.83. The Morgan fingerprint density at radius 1 is 1.24 bits per heavy atom. The Balaban J connectivity index is 1.52. The zero-order chi connectivity index (χ0) is 20.8. The van der Waals surface area contributed by atoms with Gasteiger partial charge in [-0.05, 0) is 63.3 Å². The Morgan fingerprint density at radius 3 is 2.83 bits per heavy atom. The molecular formula is C23H29NO5. The molecule has 0 spiro atoms. The maximum atomic E-state index is 12.8. The highest BCUT2D eigenvalue weighted by Gasteiger charge is 2.43. The van der Waals surface area contributed by atoms with E-state index in [-0.39, 0.29) is 24.1 Å². The van der Waals surface area contributed by atoms with E-state index in [9.17, 15) is 14.7 Å². The molecule has 2 heterocycles. The van der Waals surface area contributed by atoms with Crippen LogP contribution in [0, 0.1) is 26.7 Å². The van der Waals surface area contributed by atoms with Crippen molar-refractivity contribution in [3.63, 3.8) is 0 Å². The van der Waals surface area contributed by atoms with Crippen LogP contribution in [0.3, 0.4) is 0 Å². The molecule has 156 valence electrons. The minimum atomic E-state index is -0.602. The summed E-state index contributed by atoms with van der Waals surface area (Å²) in [4.78, 5) is 26.6. The fourth-order valence-corrected chi connectivity index (χ4v) is 4.83. The molecule has 1 saturated heterocycles. The molecule has 1 aromatic carbocycles. The number of ether oxygens (including phenoxy) is 1. The largest absolute Gasteiger partial charge is 0.483 e. The Kier molecular flexibility index (Phi) is 5.15. The molecule has 2 atom stereocenters. The second-order valence-corrected chi connectivity index (χ2v) is 8.70. The number of aryl methyl sites for hydroxylation is 2. The first kappa shape index (κ1) is 20.0. The average molecular weight is 399 g/mol. The van der Waals surface area contributed by atoms with Gasteiger partial charge in [0.15, 0.2) is 6.61 Å². The first-order valence-corrected chi connectivity index (χ1v) is 10.5. The number of benzene rings is 1. The minimum absolute atomic E-state index is 0.0681. The summed E-state index contributed by atoms with van der Waals surface area (Å²) in [6, 6.07) is 3.69. The van der Waals surface area contributed by atoms with Crippen molar-refractivity contribution in [2.75, 3.05) is 19.7 Å². The van der Waals surface area contributed by atoms with Crippen molar-refractivity contribution in [1.29, 1.82) is 0 Å². The van der Waals surface area contributed by atoms with Crippen LogP contribution in [0.2, 0.25) is 0 Å². The first-order chi connectivity index (χ1) is 13.8. The van der Waals surface area contributed by atoms with Crippen LogP contribution in [0.15, 0.2) is 21.3 Å². The zero-order valence-electron chi connectivity index (χ0n) is 17.4. The van der Waals surface area contributed by atoms with Gasteiger partial charge in [0.25, 0.3) is 5.91 Å². The van der Waals surface area contributed by atoms with E-state index in [1.54, 1.807) is 6.92 Å². The molecule has 29 heavy (non-hydrogen) atoms. The lowest BCUT2D eigenvalue weighted by atomic mass is 9.71. The average Bonchev–Trinajstić information content (AvgIpc) is 2.69. The molecule has 0 radical (unpaired) electrons. The predicted octanol–water partition coefficient (Wildman–Crippen LogP) is 3.25. The molecule has 1 aliphatic carbocycles. The van der Waals surface area contributed by atoms with E-state index in [0.717, 1.165) is 42.2 Å². The van der Waals surface area contributed by atoms with E-state index in [1.165, 1.54) is 0 Å². The van der Waals surface area contributed by atoms with Gasteiger partial charge in [0, 0.05) is 24.6 Å². The molecule has 6 nitrogen and oxygen atoms in total. The molecule has 1 aromatic heterocycles. The molecule has 0 bridgehead atoms. The van der Waals surface area contributed by atoms with E-state index < -0.39 is 5.60 Å². The van der Waals surface area contributed by atoms with Crippen molar-refractivity contribution in [1.82, 2.24) is 4.90 Å². The molecule has 2 aromatic rings. The third-order valence-electron chi connectivity index (χ3n) is 6.79. The predicted molar refractivity (Wildman–Crippen MR) is 110 cm³/mol. The Bertz CT molecular complexity index is 1010. The highest BCUT2D eigenvalue weighted by Crippen LogP contribution is 2.39. The molecule has 6 heteroatoms. The van der Waals surface area contributed by atoms with Crippen LogP contribution in [0.1, 0.15) is 48.8 Å². The van der Waals surface area contributed by atoms with Crippen LogP contribution >= 0.6 is 0 Å². The molecule has 2 aliphatic rings. The highest BCUT2D eigenvalue weighted by atomic mass is 16.5. The number of carbonyl (C=O) groups is 1. The number of hydrogen-bond donors (Lipinski definition) is 1. The van der Waals surface area contributed by atoms with Crippen LogP contribution in [0.25, 0.3) is 11.0 Å². The fraction of sp³-hybridized carbons (Fsp3) is 0.565. The number of carbonyl (C=O) groups excluding carboxylic acids is 1. The van der Waals surface area contributed by atoms with Gasteiger partial charge in [0.1, 0.15) is 11.3 Å². The second kappa shape index (κ2) is 7.48. The molecule has 1 saturated carbocycles. The Hall–Kier alpha value is -2.34. The minimum Gasteiger partial charge on any atom is -0.483 e. The number of amides is 1. The third-order valence-corrected chi connectivity index (χ3v) is 6.79. The lowest BCUT2D eigenvalue weighted by molar-refractivity contribution is -0.145. The van der Waals surface area contributed by atoms with Crippen LogP contribution in [-0.4, -0.2) is 41.2 Å². The van der Waals surface area contributed by atoms with Crippen molar-refractivity contribution in [3.05, 3.63) is 39.2 Å². The van der Waals surface area contributed by atoms with E-state index in [4.69, 9.17) is 9.15 Å².